The monoisotopic (exact) mass is 283 g/mol. The standard InChI is InChI=1S/C15H19F2NO2/c1-9-6-14(17)12(7-13(9)16)15(20)18-11-4-2-10(8-19)3-5-11/h6-7,10-11,19H,2-5,8H2,1H3,(H,18,20). The Morgan fingerprint density at radius 3 is 2.50 bits per heavy atom. The van der Waals surface area contributed by atoms with E-state index in [-0.39, 0.29) is 29.7 Å². The number of halogens is 2. The molecule has 20 heavy (non-hydrogen) atoms. The first-order chi connectivity index (χ1) is 9.51. The van der Waals surface area contributed by atoms with Gasteiger partial charge >= 0.3 is 0 Å². The Bertz CT molecular complexity index is 497. The number of carbonyl (C=O) groups is 1. The highest BCUT2D eigenvalue weighted by atomic mass is 19.1. The summed E-state index contributed by atoms with van der Waals surface area (Å²) >= 11 is 0. The van der Waals surface area contributed by atoms with E-state index in [9.17, 15) is 13.6 Å². The fourth-order valence-electron chi connectivity index (χ4n) is 2.57. The number of hydrogen-bond donors (Lipinski definition) is 2. The van der Waals surface area contributed by atoms with Crippen LogP contribution in [0.5, 0.6) is 0 Å². The molecule has 0 saturated heterocycles. The van der Waals surface area contributed by atoms with Gasteiger partial charge in [-0.3, -0.25) is 4.79 Å². The lowest BCUT2D eigenvalue weighted by Crippen LogP contribution is -2.38. The fourth-order valence-corrected chi connectivity index (χ4v) is 2.57. The molecule has 3 nitrogen and oxygen atoms in total. The highest BCUT2D eigenvalue weighted by Crippen LogP contribution is 2.24. The molecule has 0 unspecified atom stereocenters. The Hall–Kier alpha value is -1.49. The molecule has 1 aliphatic carbocycles. The molecule has 0 radical (unpaired) electrons. The van der Waals surface area contributed by atoms with E-state index >= 15 is 0 Å². The van der Waals surface area contributed by atoms with Crippen LogP contribution in [0.1, 0.15) is 41.6 Å². The zero-order valence-electron chi connectivity index (χ0n) is 11.5. The molecule has 1 saturated carbocycles. The van der Waals surface area contributed by atoms with Crippen LogP contribution in [0.2, 0.25) is 0 Å². The second-order valence-electron chi connectivity index (χ2n) is 5.45. The van der Waals surface area contributed by atoms with Crippen LogP contribution in [0.15, 0.2) is 12.1 Å². The van der Waals surface area contributed by atoms with Gasteiger partial charge in [-0.1, -0.05) is 0 Å². The molecule has 1 aliphatic rings. The number of aliphatic hydroxyl groups is 1. The van der Waals surface area contributed by atoms with Crippen molar-refractivity contribution in [2.24, 2.45) is 5.92 Å². The first kappa shape index (κ1) is 14.9. The van der Waals surface area contributed by atoms with E-state index in [1.54, 1.807) is 0 Å². The lowest BCUT2D eigenvalue weighted by Gasteiger charge is -2.28. The van der Waals surface area contributed by atoms with Crippen LogP contribution in [0.25, 0.3) is 0 Å². The van der Waals surface area contributed by atoms with Gasteiger partial charge in [0, 0.05) is 12.6 Å². The minimum absolute atomic E-state index is 0.0333. The van der Waals surface area contributed by atoms with E-state index < -0.39 is 17.5 Å². The molecular formula is C15H19F2NO2. The van der Waals surface area contributed by atoms with Crippen molar-refractivity contribution in [3.8, 4) is 0 Å². The van der Waals surface area contributed by atoms with Crippen molar-refractivity contribution in [1.82, 2.24) is 5.32 Å². The average molecular weight is 283 g/mol. The van der Waals surface area contributed by atoms with Crippen LogP contribution >= 0.6 is 0 Å². The molecule has 0 aliphatic heterocycles. The molecule has 1 aromatic carbocycles. The highest BCUT2D eigenvalue weighted by molar-refractivity contribution is 5.94. The summed E-state index contributed by atoms with van der Waals surface area (Å²) in [5.74, 6) is -1.57. The summed E-state index contributed by atoms with van der Waals surface area (Å²) in [5.41, 5.74) is -0.0696. The number of benzene rings is 1. The highest BCUT2D eigenvalue weighted by Gasteiger charge is 2.23. The second kappa shape index (κ2) is 6.31. The maximum Gasteiger partial charge on any atom is 0.254 e. The van der Waals surface area contributed by atoms with E-state index in [0.717, 1.165) is 37.8 Å². The van der Waals surface area contributed by atoms with Crippen molar-refractivity contribution < 1.29 is 18.7 Å². The summed E-state index contributed by atoms with van der Waals surface area (Å²) in [5, 5.41) is 11.8. The molecule has 2 rings (SSSR count). The zero-order chi connectivity index (χ0) is 14.7. The Morgan fingerprint density at radius 2 is 1.90 bits per heavy atom. The maximum atomic E-state index is 13.7. The van der Waals surface area contributed by atoms with Crippen LogP contribution in [-0.2, 0) is 0 Å². The minimum atomic E-state index is -0.703. The first-order valence-corrected chi connectivity index (χ1v) is 6.88. The number of nitrogens with one attached hydrogen (secondary N) is 1. The number of aryl methyl sites for hydroxylation is 1. The molecule has 1 aromatic rings. The molecule has 0 aromatic heterocycles. The summed E-state index contributed by atoms with van der Waals surface area (Å²) in [4.78, 5) is 12.0. The third kappa shape index (κ3) is 3.33. The van der Waals surface area contributed by atoms with Crippen LogP contribution in [-0.4, -0.2) is 23.7 Å². The van der Waals surface area contributed by atoms with Gasteiger partial charge in [0.15, 0.2) is 0 Å². The molecule has 0 heterocycles. The van der Waals surface area contributed by atoms with Gasteiger partial charge in [-0.15, -0.1) is 0 Å². The van der Waals surface area contributed by atoms with E-state index in [0.29, 0.717) is 0 Å². The number of rotatable bonds is 3. The molecule has 1 amide bonds. The Labute approximate surface area is 117 Å². The summed E-state index contributed by atoms with van der Waals surface area (Å²) in [7, 11) is 0. The Morgan fingerprint density at radius 1 is 1.25 bits per heavy atom. The summed E-state index contributed by atoms with van der Waals surface area (Å²) < 4.78 is 27.1. The van der Waals surface area contributed by atoms with Gasteiger partial charge in [0.1, 0.15) is 11.6 Å². The predicted molar refractivity (Wildman–Crippen MR) is 71.4 cm³/mol. The van der Waals surface area contributed by atoms with E-state index in [1.165, 1.54) is 6.92 Å². The van der Waals surface area contributed by atoms with Gasteiger partial charge in [0.25, 0.3) is 5.91 Å². The van der Waals surface area contributed by atoms with Crippen molar-refractivity contribution >= 4 is 5.91 Å². The van der Waals surface area contributed by atoms with Crippen LogP contribution in [0, 0.1) is 24.5 Å². The summed E-state index contributed by atoms with van der Waals surface area (Å²) in [6.07, 6.45) is 3.19. The lowest BCUT2D eigenvalue weighted by molar-refractivity contribution is 0.0909. The van der Waals surface area contributed by atoms with E-state index in [1.807, 2.05) is 0 Å². The maximum absolute atomic E-state index is 13.7. The van der Waals surface area contributed by atoms with Gasteiger partial charge < -0.3 is 10.4 Å². The van der Waals surface area contributed by atoms with Crippen LogP contribution < -0.4 is 5.32 Å². The SMILES string of the molecule is Cc1cc(F)c(C(=O)NC2CCC(CO)CC2)cc1F. The first-order valence-electron chi connectivity index (χ1n) is 6.88. The molecule has 5 heteroatoms. The van der Waals surface area contributed by atoms with E-state index in [2.05, 4.69) is 5.32 Å². The number of hydrogen-bond acceptors (Lipinski definition) is 2. The van der Waals surface area contributed by atoms with Crippen molar-refractivity contribution in [1.29, 1.82) is 0 Å². The Kier molecular flexibility index (Phi) is 4.70. The molecule has 0 bridgehead atoms. The Balaban J connectivity index is 2.01. The zero-order valence-corrected chi connectivity index (χ0v) is 11.5. The van der Waals surface area contributed by atoms with Gasteiger partial charge in [-0.2, -0.15) is 0 Å². The number of carbonyl (C=O) groups excluding carboxylic acids is 1. The largest absolute Gasteiger partial charge is 0.396 e. The van der Waals surface area contributed by atoms with Gasteiger partial charge in [0.05, 0.1) is 5.56 Å². The summed E-state index contributed by atoms with van der Waals surface area (Å²) in [6.45, 7) is 1.62. The van der Waals surface area contributed by atoms with Crippen LogP contribution in [0.4, 0.5) is 8.78 Å². The molecule has 0 spiro atoms. The third-order valence-corrected chi connectivity index (χ3v) is 3.93. The fraction of sp³-hybridized carbons (Fsp3) is 0.533. The topological polar surface area (TPSA) is 49.3 Å². The van der Waals surface area contributed by atoms with Gasteiger partial charge in [0.2, 0.25) is 0 Å². The third-order valence-electron chi connectivity index (χ3n) is 3.93. The van der Waals surface area contributed by atoms with E-state index in [4.69, 9.17) is 5.11 Å². The molecule has 2 N–H and O–H groups in total. The molecular weight excluding hydrogens is 264 g/mol. The van der Waals surface area contributed by atoms with Crippen LogP contribution in [0.3, 0.4) is 0 Å². The number of amides is 1. The molecule has 110 valence electrons. The van der Waals surface area contributed by atoms with Gasteiger partial charge in [-0.05, 0) is 56.2 Å². The number of aliphatic hydroxyl groups excluding tert-OH is 1. The van der Waals surface area contributed by atoms with Crippen molar-refractivity contribution in [2.45, 2.75) is 38.6 Å². The molecule has 1 fully saturated rings. The lowest BCUT2D eigenvalue weighted by atomic mass is 9.86. The molecule has 0 atom stereocenters. The van der Waals surface area contributed by atoms with Crippen molar-refractivity contribution in [2.75, 3.05) is 6.61 Å². The minimum Gasteiger partial charge on any atom is -0.396 e. The normalized spacial score (nSPS) is 22.6. The quantitative estimate of drug-likeness (QED) is 0.895. The van der Waals surface area contributed by atoms with Crippen molar-refractivity contribution in [3.05, 3.63) is 34.9 Å². The van der Waals surface area contributed by atoms with Gasteiger partial charge in [-0.25, -0.2) is 8.78 Å². The second-order valence-corrected chi connectivity index (χ2v) is 5.45. The summed E-state index contributed by atoms with van der Waals surface area (Å²) in [6, 6.07) is 1.95. The average Bonchev–Trinajstić information content (AvgIpc) is 2.43. The van der Waals surface area contributed by atoms with Crippen molar-refractivity contribution in [3.63, 3.8) is 0 Å². The predicted octanol–water partition coefficient (Wildman–Crippen LogP) is 2.55. The smallest absolute Gasteiger partial charge is 0.254 e.